The normalized spacial score (nSPS) is 30.1. The van der Waals surface area contributed by atoms with E-state index in [1.54, 1.807) is 0 Å². The minimum atomic E-state index is -0.674. The van der Waals surface area contributed by atoms with Crippen LogP contribution in [0.3, 0.4) is 0 Å². The first-order valence-electron chi connectivity index (χ1n) is 4.25. The van der Waals surface area contributed by atoms with Crippen molar-refractivity contribution in [2.75, 3.05) is 19.0 Å². The number of alkyl halides is 1. The highest BCUT2D eigenvalue weighted by Gasteiger charge is 2.29. The third kappa shape index (κ3) is 2.35. The first-order chi connectivity index (χ1) is 5.75. The average Bonchev–Trinajstić information content (AvgIpc) is 2.05. The van der Waals surface area contributed by atoms with Gasteiger partial charge in [-0.25, -0.2) is 0 Å². The van der Waals surface area contributed by atoms with E-state index in [9.17, 15) is 4.79 Å². The summed E-state index contributed by atoms with van der Waals surface area (Å²) in [5, 5.41) is 12.0. The van der Waals surface area contributed by atoms with Crippen LogP contribution in [0, 0.1) is 11.8 Å². The van der Waals surface area contributed by atoms with Crippen LogP contribution in [-0.2, 0) is 4.79 Å². The lowest BCUT2D eigenvalue weighted by Crippen LogP contribution is -2.40. The van der Waals surface area contributed by atoms with Crippen LogP contribution < -0.4 is 5.32 Å². The number of carbonyl (C=O) groups is 1. The van der Waals surface area contributed by atoms with Crippen LogP contribution in [0.25, 0.3) is 0 Å². The lowest BCUT2D eigenvalue weighted by Gasteiger charge is -2.28. The maximum Gasteiger partial charge on any atom is 0.306 e. The van der Waals surface area contributed by atoms with Gasteiger partial charge in [-0.2, -0.15) is 0 Å². The number of piperidine rings is 1. The van der Waals surface area contributed by atoms with Gasteiger partial charge in [-0.1, -0.05) is 0 Å². The van der Waals surface area contributed by atoms with E-state index in [0.29, 0.717) is 5.88 Å². The van der Waals surface area contributed by atoms with Gasteiger partial charge in [0.1, 0.15) is 0 Å². The second-order valence-corrected chi connectivity index (χ2v) is 3.55. The predicted octanol–water partition coefficient (Wildman–Crippen LogP) is 0.926. The Balaban J connectivity index is 2.48. The molecular weight excluding hydrogens is 178 g/mol. The molecule has 0 aromatic carbocycles. The van der Waals surface area contributed by atoms with Crippen LogP contribution in [0.2, 0.25) is 0 Å². The third-order valence-corrected chi connectivity index (χ3v) is 2.62. The molecule has 4 heteroatoms. The Morgan fingerprint density at radius 1 is 1.67 bits per heavy atom. The molecule has 2 N–H and O–H groups in total. The summed E-state index contributed by atoms with van der Waals surface area (Å²) in [4.78, 5) is 10.8. The smallest absolute Gasteiger partial charge is 0.306 e. The van der Waals surface area contributed by atoms with Gasteiger partial charge in [-0.15, -0.1) is 11.6 Å². The summed E-state index contributed by atoms with van der Waals surface area (Å²) in [6, 6.07) is 0. The molecule has 0 bridgehead atoms. The molecule has 0 radical (unpaired) electrons. The van der Waals surface area contributed by atoms with Gasteiger partial charge in [0.2, 0.25) is 0 Å². The second kappa shape index (κ2) is 4.67. The van der Waals surface area contributed by atoms with Gasteiger partial charge in [0.25, 0.3) is 0 Å². The molecule has 70 valence electrons. The minimum absolute atomic E-state index is 0.190. The lowest BCUT2D eigenvalue weighted by atomic mass is 9.85. The molecule has 0 aliphatic carbocycles. The van der Waals surface area contributed by atoms with Crippen LogP contribution in [0.4, 0.5) is 0 Å². The summed E-state index contributed by atoms with van der Waals surface area (Å²) < 4.78 is 0. The van der Waals surface area contributed by atoms with E-state index >= 15 is 0 Å². The van der Waals surface area contributed by atoms with Crippen molar-refractivity contribution in [3.63, 3.8) is 0 Å². The Morgan fingerprint density at radius 2 is 2.42 bits per heavy atom. The summed E-state index contributed by atoms with van der Waals surface area (Å²) in [7, 11) is 0. The topological polar surface area (TPSA) is 49.3 Å². The monoisotopic (exact) mass is 191 g/mol. The first-order valence-corrected chi connectivity index (χ1v) is 4.78. The highest BCUT2D eigenvalue weighted by Crippen LogP contribution is 2.22. The fourth-order valence-corrected chi connectivity index (χ4v) is 1.97. The largest absolute Gasteiger partial charge is 0.481 e. The van der Waals surface area contributed by atoms with Crippen LogP contribution >= 0.6 is 11.6 Å². The summed E-state index contributed by atoms with van der Waals surface area (Å²) in [5.74, 6) is -0.0961. The molecule has 1 aliphatic rings. The maximum absolute atomic E-state index is 10.8. The Kier molecular flexibility index (Phi) is 3.82. The average molecular weight is 192 g/mol. The van der Waals surface area contributed by atoms with Gasteiger partial charge in [0.05, 0.1) is 5.92 Å². The number of carboxylic acid groups (broad SMARTS) is 1. The Labute approximate surface area is 77.1 Å². The van der Waals surface area contributed by atoms with E-state index in [1.807, 2.05) is 0 Å². The van der Waals surface area contributed by atoms with Crippen molar-refractivity contribution in [3.05, 3.63) is 0 Å². The SMILES string of the molecule is O=C(O)C1CCNCC1CCCl. The molecule has 12 heavy (non-hydrogen) atoms. The number of nitrogens with one attached hydrogen (secondary N) is 1. The molecule has 1 saturated heterocycles. The van der Waals surface area contributed by atoms with Gasteiger partial charge in [-0.3, -0.25) is 4.79 Å². The minimum Gasteiger partial charge on any atom is -0.481 e. The van der Waals surface area contributed by atoms with Crippen LogP contribution in [-0.4, -0.2) is 30.0 Å². The van der Waals surface area contributed by atoms with E-state index in [1.165, 1.54) is 0 Å². The molecule has 1 rings (SSSR count). The Morgan fingerprint density at radius 3 is 3.00 bits per heavy atom. The van der Waals surface area contributed by atoms with Crippen molar-refractivity contribution in [2.45, 2.75) is 12.8 Å². The molecule has 2 atom stereocenters. The standard InChI is InChI=1S/C8H14ClNO2/c9-3-1-6-5-10-4-2-7(6)8(11)12/h6-7,10H,1-5H2,(H,11,12). The predicted molar refractivity (Wildman–Crippen MR) is 47.4 cm³/mol. The Bertz CT molecular complexity index is 161. The molecule has 0 saturated carbocycles. The number of carboxylic acids is 1. The molecule has 2 unspecified atom stereocenters. The van der Waals surface area contributed by atoms with Gasteiger partial charge >= 0.3 is 5.97 Å². The van der Waals surface area contributed by atoms with E-state index < -0.39 is 5.97 Å². The Hall–Kier alpha value is -0.280. The first kappa shape index (κ1) is 9.81. The van der Waals surface area contributed by atoms with Crippen LogP contribution in [0.15, 0.2) is 0 Å². The van der Waals surface area contributed by atoms with Gasteiger partial charge in [0, 0.05) is 5.88 Å². The summed E-state index contributed by atoms with van der Waals surface area (Å²) >= 11 is 5.58. The number of aliphatic carboxylic acids is 1. The lowest BCUT2D eigenvalue weighted by molar-refractivity contribution is -0.144. The van der Waals surface area contributed by atoms with E-state index in [0.717, 1.165) is 25.9 Å². The van der Waals surface area contributed by atoms with Gasteiger partial charge < -0.3 is 10.4 Å². The summed E-state index contributed by atoms with van der Waals surface area (Å²) in [5.41, 5.74) is 0. The zero-order valence-corrected chi connectivity index (χ0v) is 7.68. The fourth-order valence-electron chi connectivity index (χ4n) is 1.69. The zero-order valence-electron chi connectivity index (χ0n) is 6.92. The highest BCUT2D eigenvalue weighted by molar-refractivity contribution is 6.17. The van der Waals surface area contributed by atoms with E-state index in [2.05, 4.69) is 5.32 Å². The number of rotatable bonds is 3. The number of halogens is 1. The molecule has 1 fully saturated rings. The van der Waals surface area contributed by atoms with Crippen molar-refractivity contribution < 1.29 is 9.90 Å². The zero-order chi connectivity index (χ0) is 8.97. The summed E-state index contributed by atoms with van der Waals surface area (Å²) in [6.45, 7) is 1.61. The molecular formula is C8H14ClNO2. The third-order valence-electron chi connectivity index (χ3n) is 2.40. The van der Waals surface area contributed by atoms with Crippen molar-refractivity contribution in [1.82, 2.24) is 5.32 Å². The number of hydrogen-bond donors (Lipinski definition) is 2. The quantitative estimate of drug-likeness (QED) is 0.653. The molecule has 0 spiro atoms. The van der Waals surface area contributed by atoms with Gasteiger partial charge in [0.15, 0.2) is 0 Å². The fraction of sp³-hybridized carbons (Fsp3) is 0.875. The maximum atomic E-state index is 10.8. The van der Waals surface area contributed by atoms with Crippen LogP contribution in [0.5, 0.6) is 0 Å². The van der Waals surface area contributed by atoms with Crippen molar-refractivity contribution in [2.24, 2.45) is 11.8 Å². The molecule has 0 amide bonds. The van der Waals surface area contributed by atoms with Crippen molar-refractivity contribution >= 4 is 17.6 Å². The van der Waals surface area contributed by atoms with Gasteiger partial charge in [-0.05, 0) is 31.8 Å². The highest BCUT2D eigenvalue weighted by atomic mass is 35.5. The van der Waals surface area contributed by atoms with Crippen LogP contribution in [0.1, 0.15) is 12.8 Å². The molecule has 1 aliphatic heterocycles. The van der Waals surface area contributed by atoms with Crippen molar-refractivity contribution in [1.29, 1.82) is 0 Å². The van der Waals surface area contributed by atoms with E-state index in [4.69, 9.17) is 16.7 Å². The summed E-state index contributed by atoms with van der Waals surface area (Å²) in [6.07, 6.45) is 1.53. The molecule has 1 heterocycles. The van der Waals surface area contributed by atoms with Crippen molar-refractivity contribution in [3.8, 4) is 0 Å². The molecule has 3 nitrogen and oxygen atoms in total. The molecule has 0 aromatic rings. The molecule has 0 aromatic heterocycles. The second-order valence-electron chi connectivity index (χ2n) is 3.18. The van der Waals surface area contributed by atoms with E-state index in [-0.39, 0.29) is 11.8 Å². The number of hydrogen-bond acceptors (Lipinski definition) is 2.